The van der Waals surface area contributed by atoms with Crippen molar-refractivity contribution in [3.8, 4) is 0 Å². The smallest absolute Gasteiger partial charge is 0.341 e. The number of nitrogens with one attached hydrogen (secondary N) is 1. The van der Waals surface area contributed by atoms with Crippen LogP contribution in [-0.2, 0) is 9.59 Å². The average molecular weight is 294 g/mol. The van der Waals surface area contributed by atoms with Crippen molar-refractivity contribution in [2.75, 3.05) is 5.33 Å². The Hall–Kier alpha value is -0.660. The van der Waals surface area contributed by atoms with Crippen LogP contribution in [0.3, 0.4) is 0 Å². The lowest BCUT2D eigenvalue weighted by atomic mass is 10.2. The van der Waals surface area contributed by atoms with Crippen molar-refractivity contribution in [3.63, 3.8) is 0 Å². The van der Waals surface area contributed by atoms with Crippen LogP contribution in [-0.4, -0.2) is 35.4 Å². The van der Waals surface area contributed by atoms with E-state index in [-0.39, 0.29) is 5.33 Å². The number of ketones is 1. The van der Waals surface area contributed by atoms with E-state index >= 15 is 0 Å². The van der Waals surface area contributed by atoms with Crippen LogP contribution in [0.1, 0.15) is 6.92 Å². The summed E-state index contributed by atoms with van der Waals surface area (Å²) in [7, 11) is 0. The molecule has 0 rings (SSSR count). The van der Waals surface area contributed by atoms with Gasteiger partial charge < -0.3 is 5.32 Å². The summed E-state index contributed by atoms with van der Waals surface area (Å²) in [5.41, 5.74) is 0. The maximum absolute atomic E-state index is 12.4. The summed E-state index contributed by atoms with van der Waals surface area (Å²) in [6.45, 7) is 1.13. The zero-order valence-corrected chi connectivity index (χ0v) is 9.15. The summed E-state index contributed by atoms with van der Waals surface area (Å²) in [5, 5.41) is 1.35. The van der Waals surface area contributed by atoms with Gasteiger partial charge in [-0.15, -0.1) is 0 Å². The topological polar surface area (TPSA) is 46.2 Å². The zero-order chi connectivity index (χ0) is 12.2. The van der Waals surface area contributed by atoms with Crippen LogP contribution in [0.25, 0.3) is 0 Å². The molecular formula is C7H8BrF4NO2. The lowest BCUT2D eigenvalue weighted by Crippen LogP contribution is -2.50. The van der Waals surface area contributed by atoms with Gasteiger partial charge in [0.2, 0.25) is 0 Å². The van der Waals surface area contributed by atoms with Gasteiger partial charge in [0.05, 0.1) is 11.4 Å². The van der Waals surface area contributed by atoms with E-state index in [1.165, 1.54) is 5.32 Å². The third-order valence-corrected chi connectivity index (χ3v) is 2.09. The van der Waals surface area contributed by atoms with Crippen LogP contribution in [0.2, 0.25) is 0 Å². The SMILES string of the molecule is CC(NC(=O)C(F)(F)C(F)F)C(=O)CBr. The summed E-state index contributed by atoms with van der Waals surface area (Å²) in [6.07, 6.45) is -4.09. The number of carbonyl (C=O) groups excluding carboxylic acids is 2. The van der Waals surface area contributed by atoms with Crippen LogP contribution in [0.5, 0.6) is 0 Å². The molecule has 0 heterocycles. The summed E-state index contributed by atoms with van der Waals surface area (Å²) >= 11 is 2.75. The number of hydrogen-bond donors (Lipinski definition) is 1. The molecule has 88 valence electrons. The quantitative estimate of drug-likeness (QED) is 0.614. The number of Topliss-reactive ketones (excluding diaryl/α,β-unsaturated/α-hetero) is 1. The monoisotopic (exact) mass is 293 g/mol. The van der Waals surface area contributed by atoms with E-state index in [4.69, 9.17) is 0 Å². The van der Waals surface area contributed by atoms with Gasteiger partial charge in [0.25, 0.3) is 5.91 Å². The molecule has 0 radical (unpaired) electrons. The van der Waals surface area contributed by atoms with Gasteiger partial charge in [-0.25, -0.2) is 8.78 Å². The Morgan fingerprint density at radius 2 is 1.87 bits per heavy atom. The minimum Gasteiger partial charge on any atom is -0.341 e. The fraction of sp³-hybridized carbons (Fsp3) is 0.714. The predicted octanol–water partition coefficient (Wildman–Crippen LogP) is 1.36. The molecule has 0 bridgehead atoms. The van der Waals surface area contributed by atoms with Crippen LogP contribution in [0.15, 0.2) is 0 Å². The lowest BCUT2D eigenvalue weighted by molar-refractivity contribution is -0.170. The summed E-state index contributed by atoms with van der Waals surface area (Å²) in [6, 6.07) is -1.23. The van der Waals surface area contributed by atoms with Crippen molar-refractivity contribution in [2.45, 2.75) is 25.3 Å². The molecule has 0 aliphatic carbocycles. The van der Waals surface area contributed by atoms with Crippen molar-refractivity contribution in [1.82, 2.24) is 5.32 Å². The maximum atomic E-state index is 12.4. The molecule has 1 N–H and O–H groups in total. The second-order valence-corrected chi connectivity index (χ2v) is 3.28. The summed E-state index contributed by atoms with van der Waals surface area (Å²) < 4.78 is 48.1. The van der Waals surface area contributed by atoms with E-state index in [0.29, 0.717) is 0 Å². The molecule has 0 spiro atoms. The lowest BCUT2D eigenvalue weighted by Gasteiger charge is -2.17. The third-order valence-electron chi connectivity index (χ3n) is 1.54. The van der Waals surface area contributed by atoms with Crippen LogP contribution >= 0.6 is 15.9 Å². The second-order valence-electron chi connectivity index (χ2n) is 2.72. The number of rotatable bonds is 5. The first-order valence-electron chi connectivity index (χ1n) is 3.79. The molecule has 15 heavy (non-hydrogen) atoms. The van der Waals surface area contributed by atoms with Crippen molar-refractivity contribution < 1.29 is 27.2 Å². The molecule has 1 amide bonds. The Morgan fingerprint density at radius 1 is 1.40 bits per heavy atom. The first kappa shape index (κ1) is 14.3. The minimum absolute atomic E-state index is 0.158. The van der Waals surface area contributed by atoms with E-state index in [1.54, 1.807) is 0 Å². The normalized spacial score (nSPS) is 13.8. The van der Waals surface area contributed by atoms with Gasteiger partial charge in [0.1, 0.15) is 0 Å². The van der Waals surface area contributed by atoms with Crippen molar-refractivity contribution in [2.24, 2.45) is 0 Å². The number of amides is 1. The number of alkyl halides is 5. The highest BCUT2D eigenvalue weighted by molar-refractivity contribution is 9.09. The van der Waals surface area contributed by atoms with Crippen molar-refractivity contribution in [1.29, 1.82) is 0 Å². The Morgan fingerprint density at radius 3 is 2.20 bits per heavy atom. The van der Waals surface area contributed by atoms with Gasteiger partial charge in [-0.2, -0.15) is 8.78 Å². The molecule has 0 aliphatic rings. The molecule has 0 aromatic heterocycles. The van der Waals surface area contributed by atoms with Gasteiger partial charge in [-0.1, -0.05) is 15.9 Å². The summed E-state index contributed by atoms with van der Waals surface area (Å²) in [4.78, 5) is 21.5. The van der Waals surface area contributed by atoms with E-state index < -0.39 is 30.1 Å². The van der Waals surface area contributed by atoms with Gasteiger partial charge >= 0.3 is 12.3 Å². The molecule has 1 atom stereocenters. The fourth-order valence-corrected chi connectivity index (χ4v) is 1.07. The Kier molecular flexibility index (Phi) is 5.19. The van der Waals surface area contributed by atoms with Gasteiger partial charge in [-0.3, -0.25) is 9.59 Å². The van der Waals surface area contributed by atoms with Crippen LogP contribution in [0.4, 0.5) is 17.6 Å². The standard InChI is InChI=1S/C7H8BrF4NO2/c1-3(4(14)2-8)13-6(15)7(11,12)5(9)10/h3,5H,2H2,1H3,(H,13,15). The largest absolute Gasteiger partial charge is 0.383 e. The Bertz CT molecular complexity index is 259. The van der Waals surface area contributed by atoms with Gasteiger partial charge in [0.15, 0.2) is 5.78 Å². The van der Waals surface area contributed by atoms with Gasteiger partial charge in [-0.05, 0) is 6.92 Å². The molecule has 0 aliphatic heterocycles. The molecular weight excluding hydrogens is 286 g/mol. The molecule has 3 nitrogen and oxygen atoms in total. The average Bonchev–Trinajstić information content (AvgIpc) is 2.15. The van der Waals surface area contributed by atoms with Crippen LogP contribution < -0.4 is 5.32 Å². The van der Waals surface area contributed by atoms with Gasteiger partial charge in [0, 0.05) is 0 Å². The second kappa shape index (κ2) is 5.43. The Balaban J connectivity index is 4.44. The highest BCUT2D eigenvalue weighted by Gasteiger charge is 2.49. The molecule has 8 heteroatoms. The predicted molar refractivity (Wildman–Crippen MR) is 47.4 cm³/mol. The highest BCUT2D eigenvalue weighted by atomic mass is 79.9. The van der Waals surface area contributed by atoms with Crippen molar-refractivity contribution >= 4 is 27.6 Å². The van der Waals surface area contributed by atoms with E-state index in [9.17, 15) is 27.2 Å². The van der Waals surface area contributed by atoms with Crippen LogP contribution in [0, 0.1) is 0 Å². The van der Waals surface area contributed by atoms with E-state index in [2.05, 4.69) is 15.9 Å². The fourth-order valence-electron chi connectivity index (χ4n) is 0.588. The molecule has 0 saturated carbocycles. The number of halogens is 5. The Labute approximate surface area is 91.3 Å². The summed E-state index contributed by atoms with van der Waals surface area (Å²) in [5.74, 6) is -7.52. The molecule has 0 aromatic carbocycles. The molecule has 0 aromatic rings. The highest BCUT2D eigenvalue weighted by Crippen LogP contribution is 2.22. The van der Waals surface area contributed by atoms with E-state index in [1.807, 2.05) is 0 Å². The molecule has 0 saturated heterocycles. The first-order chi connectivity index (χ1) is 6.73. The third kappa shape index (κ3) is 3.77. The molecule has 0 fully saturated rings. The van der Waals surface area contributed by atoms with Crippen molar-refractivity contribution in [3.05, 3.63) is 0 Å². The molecule has 1 unspecified atom stereocenters. The first-order valence-corrected chi connectivity index (χ1v) is 4.91. The maximum Gasteiger partial charge on any atom is 0.383 e. The number of hydrogen-bond acceptors (Lipinski definition) is 2. The number of carbonyl (C=O) groups is 2. The zero-order valence-electron chi connectivity index (χ0n) is 7.57. The van der Waals surface area contributed by atoms with E-state index in [0.717, 1.165) is 6.92 Å². The minimum atomic E-state index is -4.78.